The molecule has 7 rings (SSSR count). The second-order valence-electron chi connectivity index (χ2n) is 20.9. The SMILES string of the molecule is C1CCOC1.CCOC(=O)C(CC)Cc1ccc(CC)cc1.CCOC(=O)CC(=O)OCC.CCOC(=O)CCc1ccc(CC)cc1.CCc1ccc(CBr)cc1.CCc1ccc(CCc2nc(O)cc(=O)[nH]2)cc1.CCc1ccc(CO)cc1.NC(=O)CC(N)=O.O=C=O.[Cl-].[H-].[Na+].[Na+]. The molecule has 538 valence electrons. The monoisotopic (exact) mass is 1480 g/mol. The van der Waals surface area contributed by atoms with Crippen LogP contribution in [0.2, 0.25) is 0 Å². The number of aryl methyl sites for hydroxylation is 8. The first kappa shape index (κ1) is 101. The van der Waals surface area contributed by atoms with Gasteiger partial charge < -0.3 is 64.2 Å². The molecule has 1 aromatic heterocycles. The van der Waals surface area contributed by atoms with Crippen molar-refractivity contribution in [2.75, 3.05) is 39.6 Å². The Hall–Kier alpha value is -6.33. The van der Waals surface area contributed by atoms with E-state index in [2.05, 4.69) is 179 Å². The van der Waals surface area contributed by atoms with Crippen molar-refractivity contribution in [3.05, 3.63) is 199 Å². The fourth-order valence-electron chi connectivity index (χ4n) is 8.06. The first-order valence-electron chi connectivity index (χ1n) is 32.7. The number of nitrogens with zero attached hydrogens (tertiary/aromatic N) is 1. The van der Waals surface area contributed by atoms with Crippen molar-refractivity contribution in [3.8, 4) is 5.88 Å². The van der Waals surface area contributed by atoms with Crippen LogP contribution in [0.5, 0.6) is 5.88 Å². The van der Waals surface area contributed by atoms with E-state index in [1.165, 1.54) is 62.9 Å². The second-order valence-corrected chi connectivity index (χ2v) is 21.4. The van der Waals surface area contributed by atoms with Crippen LogP contribution < -0.4 is 88.5 Å². The minimum absolute atomic E-state index is 0. The number of primary amides is 2. The van der Waals surface area contributed by atoms with Crippen molar-refractivity contribution in [2.24, 2.45) is 17.4 Å². The number of H-pyrrole nitrogens is 1. The molecule has 0 spiro atoms. The maximum atomic E-state index is 11.7. The summed E-state index contributed by atoms with van der Waals surface area (Å²) in [5.74, 6) is -2.36. The third-order valence-corrected chi connectivity index (χ3v) is 14.2. The summed E-state index contributed by atoms with van der Waals surface area (Å²) in [6.07, 6.45) is 11.7. The van der Waals surface area contributed by atoms with Crippen LogP contribution in [0, 0.1) is 5.92 Å². The number of hydrogen-bond acceptors (Lipinski definition) is 17. The quantitative estimate of drug-likeness (QED) is 0.0181. The predicted octanol–water partition coefficient (Wildman–Crippen LogP) is 3.02. The molecule has 6 aromatic rings. The molecule has 1 aliphatic rings. The maximum absolute atomic E-state index is 11.7. The van der Waals surface area contributed by atoms with E-state index in [0.717, 1.165) is 88.0 Å². The summed E-state index contributed by atoms with van der Waals surface area (Å²) in [6.45, 7) is 23.4. The molecule has 0 bridgehead atoms. The first-order valence-corrected chi connectivity index (χ1v) is 33.9. The van der Waals surface area contributed by atoms with E-state index in [1.54, 1.807) is 13.8 Å². The molecule has 1 unspecified atom stereocenters. The molecule has 0 aliphatic carbocycles. The average molecular weight is 1480 g/mol. The molecule has 0 radical (unpaired) electrons. The number of aromatic amines is 1. The van der Waals surface area contributed by atoms with Crippen molar-refractivity contribution in [1.82, 2.24) is 9.97 Å². The molecule has 5 aromatic carbocycles. The summed E-state index contributed by atoms with van der Waals surface area (Å²) in [7, 11) is 0. The fourth-order valence-corrected chi connectivity index (χ4v) is 8.43. The minimum atomic E-state index is -0.687. The van der Waals surface area contributed by atoms with Gasteiger partial charge in [0, 0.05) is 31.4 Å². The standard InChI is InChI=1S/C15H22O2.C14H16N2O2.C13H18O2.C9H11Br.C9H12O.C7H12O4.C4H8O.C3H6N2O2.CO2.ClH.2Na.H/c1-4-12-7-9-13(10-8-12)11-14(5-2)15(16)17-6-3;1-2-10-3-5-11(6-4-10)7-8-12-15-13(17)9-14(18)16-12;1-3-11-5-7-12(8-6-11)9-10-13(14)15-4-2;2*1-2-8-3-5-9(7-10)6-4-8;1-3-10-6(8)5-7(9)11-4-2;1-2-4-5-3-1;4-2(6)1-3(5)7;2-1-3;;;;/h7-10,14H,4-6,11H2,1-3H3;3-6,9H,2,7-8H2,1H3,(H2,15,16,17,18);5-8H,3-4,9-10H2,1-2H3;3-6H,2,7H2,1H3;3-6,10H,2,7H2,1H3;3-5H2,1-2H3;1-4H2;1H2,(H2,4,6)(H2,5,7);;1H;;;/q;;;;;;;;;;2*+1;-1/p-1. The van der Waals surface area contributed by atoms with Gasteiger partial charge in [-0.15, -0.1) is 0 Å². The van der Waals surface area contributed by atoms with Gasteiger partial charge in [0.25, 0.3) is 5.56 Å². The topological polar surface area (TPSA) is 321 Å². The van der Waals surface area contributed by atoms with Gasteiger partial charge in [-0.05, 0) is 154 Å². The van der Waals surface area contributed by atoms with Crippen LogP contribution in [-0.2, 0) is 132 Å². The molecule has 99 heavy (non-hydrogen) atoms. The van der Waals surface area contributed by atoms with E-state index in [4.69, 9.17) is 28.9 Å². The van der Waals surface area contributed by atoms with Gasteiger partial charge in [-0.1, -0.05) is 179 Å². The van der Waals surface area contributed by atoms with E-state index in [-0.39, 0.29) is 141 Å². The number of aromatic hydroxyl groups is 1. The molecule has 20 nitrogen and oxygen atoms in total. The number of hydrogen-bond donors (Lipinski definition) is 5. The van der Waals surface area contributed by atoms with Crippen molar-refractivity contribution in [1.29, 1.82) is 0 Å². The Balaban J connectivity index is -0.000000255. The summed E-state index contributed by atoms with van der Waals surface area (Å²) in [5.41, 5.74) is 21.4. The Labute approximate surface area is 647 Å². The largest absolute Gasteiger partial charge is 1.00 e. The number of benzene rings is 5. The minimum Gasteiger partial charge on any atom is -1.00 e. The third kappa shape index (κ3) is 56.1. The van der Waals surface area contributed by atoms with E-state index in [1.807, 2.05) is 45.0 Å². The van der Waals surface area contributed by atoms with Crippen molar-refractivity contribution in [3.63, 3.8) is 0 Å². The molecule has 1 aliphatic heterocycles. The number of aromatic nitrogens is 2. The number of aliphatic hydroxyl groups excluding tert-OH is 1. The molecule has 2 heterocycles. The summed E-state index contributed by atoms with van der Waals surface area (Å²) in [6, 6.07) is 43.0. The molecule has 0 saturated carbocycles. The summed E-state index contributed by atoms with van der Waals surface area (Å²) in [4.78, 5) is 97.4. The van der Waals surface area contributed by atoms with Crippen molar-refractivity contribution < 1.29 is 145 Å². The third-order valence-electron chi connectivity index (χ3n) is 13.5. The Morgan fingerprint density at radius 2 is 0.879 bits per heavy atom. The number of carbonyl (C=O) groups is 6. The number of aliphatic hydroxyl groups is 1. The zero-order valence-corrected chi connectivity index (χ0v) is 66.8. The molecular weight excluding hydrogens is 1370 g/mol. The number of carbonyl (C=O) groups excluding carboxylic acids is 8. The maximum Gasteiger partial charge on any atom is 1.00 e. The van der Waals surface area contributed by atoms with Crippen LogP contribution in [0.4, 0.5) is 0 Å². The van der Waals surface area contributed by atoms with E-state index >= 15 is 0 Å². The van der Waals surface area contributed by atoms with Crippen LogP contribution in [0.25, 0.3) is 0 Å². The summed E-state index contributed by atoms with van der Waals surface area (Å²) in [5, 5.41) is 18.9. The van der Waals surface area contributed by atoms with E-state index in [0.29, 0.717) is 31.9 Å². The van der Waals surface area contributed by atoms with E-state index < -0.39 is 23.8 Å². The van der Waals surface area contributed by atoms with Crippen molar-refractivity contribution >= 4 is 57.8 Å². The number of esters is 4. The van der Waals surface area contributed by atoms with Crippen LogP contribution in [0.3, 0.4) is 0 Å². The number of alkyl halides is 1. The number of rotatable bonds is 25. The molecule has 1 fully saturated rings. The molecule has 1 saturated heterocycles. The van der Waals surface area contributed by atoms with Gasteiger partial charge in [-0.25, -0.2) is 4.98 Å². The van der Waals surface area contributed by atoms with Crippen molar-refractivity contribution in [2.45, 2.75) is 177 Å². The predicted molar refractivity (Wildman–Crippen MR) is 378 cm³/mol. The number of nitrogens with one attached hydrogen (secondary N) is 1. The summed E-state index contributed by atoms with van der Waals surface area (Å²) >= 11 is 3.40. The van der Waals surface area contributed by atoms with Gasteiger partial charge in [-0.3, -0.25) is 33.6 Å². The fraction of sp³-hybridized carbons (Fsp3) is 0.453. The molecular formula is C75H106BrClN4Na2O16. The first-order chi connectivity index (χ1) is 46.1. The molecule has 1 atom stereocenters. The van der Waals surface area contributed by atoms with Gasteiger partial charge in [0.05, 0.1) is 45.0 Å². The van der Waals surface area contributed by atoms with Gasteiger partial charge in [0.1, 0.15) is 18.7 Å². The molecule has 7 N–H and O–H groups in total. The van der Waals surface area contributed by atoms with Gasteiger partial charge >= 0.3 is 89.1 Å². The molecule has 24 heteroatoms. The number of amides is 2. The Morgan fingerprint density at radius 1 is 0.535 bits per heavy atom. The van der Waals surface area contributed by atoms with Gasteiger partial charge in [0.2, 0.25) is 17.7 Å². The van der Waals surface area contributed by atoms with E-state index in [9.17, 15) is 38.7 Å². The number of ether oxygens (including phenoxy) is 5. The van der Waals surface area contributed by atoms with Crippen LogP contribution in [-0.4, -0.2) is 102 Å². The van der Waals surface area contributed by atoms with Crippen LogP contribution in [0.15, 0.2) is 132 Å². The molecule has 2 amide bonds. The van der Waals surface area contributed by atoms with Gasteiger partial charge in [-0.2, -0.15) is 9.59 Å². The summed E-state index contributed by atoms with van der Waals surface area (Å²) < 4.78 is 23.9. The smallest absolute Gasteiger partial charge is 1.00 e. The zero-order chi connectivity index (χ0) is 72.3. The Bertz CT molecular complexity index is 3010. The average Bonchev–Trinajstić information content (AvgIpc) is 0.933. The Morgan fingerprint density at radius 3 is 1.18 bits per heavy atom. The number of halogens is 2. The zero-order valence-electron chi connectivity index (χ0n) is 61.4. The normalized spacial score (nSPS) is 10.3. The van der Waals surface area contributed by atoms with Crippen LogP contribution >= 0.6 is 15.9 Å². The van der Waals surface area contributed by atoms with Crippen LogP contribution in [0.1, 0.15) is 171 Å². The second kappa shape index (κ2) is 67.5. The van der Waals surface area contributed by atoms with Gasteiger partial charge in [0.15, 0.2) is 0 Å². The number of nitrogens with two attached hydrogens (primary N) is 2. The Kier molecular flexibility index (Phi) is 69.1.